The molecule has 0 aliphatic carbocycles. The highest BCUT2D eigenvalue weighted by Gasteiger charge is 2.21. The summed E-state index contributed by atoms with van der Waals surface area (Å²) >= 11 is 0. The number of halogens is 1. The maximum absolute atomic E-state index is 14.3. The van der Waals surface area contributed by atoms with Gasteiger partial charge in [0, 0.05) is 24.3 Å². The molecular weight excluding hydrogens is 261 g/mol. The summed E-state index contributed by atoms with van der Waals surface area (Å²) in [6.45, 7) is 4.65. The smallest absolute Gasteiger partial charge is 0.164 e. The lowest BCUT2D eigenvalue weighted by molar-refractivity contribution is 0.206. The minimum atomic E-state index is -0.343. The van der Waals surface area contributed by atoms with Gasteiger partial charge >= 0.3 is 0 Å². The van der Waals surface area contributed by atoms with E-state index >= 15 is 0 Å². The van der Waals surface area contributed by atoms with Gasteiger partial charge < -0.3 is 19.5 Å². The monoisotopic (exact) mass is 285 g/mol. The van der Waals surface area contributed by atoms with E-state index in [1.54, 1.807) is 6.07 Å². The molecule has 0 saturated heterocycles. The normalized spacial score (nSPS) is 12.6. The highest BCUT2D eigenvalue weighted by molar-refractivity contribution is 5.45. The molecule has 0 spiro atoms. The molecule has 1 atom stereocenters. The lowest BCUT2D eigenvalue weighted by Gasteiger charge is -2.25. The van der Waals surface area contributed by atoms with Crippen molar-refractivity contribution in [2.24, 2.45) is 0 Å². The van der Waals surface area contributed by atoms with Crippen LogP contribution in [0.5, 0.6) is 11.5 Å². The summed E-state index contributed by atoms with van der Waals surface area (Å²) in [7, 11) is 3.72. The molecule has 0 aliphatic rings. The number of aliphatic hydroxyl groups is 1. The summed E-state index contributed by atoms with van der Waals surface area (Å²) in [6.07, 6.45) is 0.462. The highest BCUT2D eigenvalue weighted by atomic mass is 19.1. The Labute approximate surface area is 120 Å². The zero-order chi connectivity index (χ0) is 15.1. The number of rotatable bonds is 8. The largest absolute Gasteiger partial charge is 0.490 e. The minimum absolute atomic E-state index is 0.000529. The van der Waals surface area contributed by atoms with E-state index in [0.29, 0.717) is 36.7 Å². The molecule has 0 fully saturated rings. The molecule has 0 saturated carbocycles. The SMILES string of the molecule is CCOc1cc(F)c(C(CCO)N(C)C)cc1OCC. The van der Waals surface area contributed by atoms with E-state index in [9.17, 15) is 4.39 Å². The van der Waals surface area contributed by atoms with Gasteiger partial charge in [-0.2, -0.15) is 0 Å². The summed E-state index contributed by atoms with van der Waals surface area (Å²) in [4.78, 5) is 1.88. The van der Waals surface area contributed by atoms with E-state index in [1.807, 2.05) is 32.8 Å². The summed E-state index contributed by atoms with van der Waals surface area (Å²) in [5.74, 6) is 0.608. The molecule has 0 aromatic heterocycles. The van der Waals surface area contributed by atoms with E-state index in [4.69, 9.17) is 14.6 Å². The van der Waals surface area contributed by atoms with Crippen molar-refractivity contribution in [2.45, 2.75) is 26.3 Å². The predicted molar refractivity (Wildman–Crippen MR) is 76.9 cm³/mol. The van der Waals surface area contributed by atoms with Crippen molar-refractivity contribution in [1.82, 2.24) is 4.90 Å². The average molecular weight is 285 g/mol. The fourth-order valence-electron chi connectivity index (χ4n) is 2.16. The Morgan fingerprint density at radius 1 is 1.15 bits per heavy atom. The molecule has 0 amide bonds. The van der Waals surface area contributed by atoms with Gasteiger partial charge in [-0.1, -0.05) is 0 Å². The fraction of sp³-hybridized carbons (Fsp3) is 0.600. The zero-order valence-electron chi connectivity index (χ0n) is 12.6. The van der Waals surface area contributed by atoms with Gasteiger partial charge in [0.15, 0.2) is 11.5 Å². The Morgan fingerprint density at radius 3 is 2.15 bits per heavy atom. The standard InChI is InChI=1S/C15H24FNO3/c1-5-19-14-9-11(13(7-8-18)17(3)4)12(16)10-15(14)20-6-2/h9-10,13,18H,5-8H2,1-4H3. The zero-order valence-corrected chi connectivity index (χ0v) is 12.6. The molecule has 1 rings (SSSR count). The second-order valence-electron chi connectivity index (χ2n) is 4.68. The Balaban J connectivity index is 3.21. The molecule has 5 heteroatoms. The number of benzene rings is 1. The Bertz CT molecular complexity index is 424. The topological polar surface area (TPSA) is 41.9 Å². The van der Waals surface area contributed by atoms with Gasteiger partial charge in [0.1, 0.15) is 5.82 Å². The summed E-state index contributed by atoms with van der Waals surface area (Å²) in [6, 6.07) is 2.83. The van der Waals surface area contributed by atoms with E-state index in [-0.39, 0.29) is 18.5 Å². The molecule has 0 aliphatic heterocycles. The maximum Gasteiger partial charge on any atom is 0.164 e. The Morgan fingerprint density at radius 2 is 1.70 bits per heavy atom. The highest BCUT2D eigenvalue weighted by Crippen LogP contribution is 2.35. The summed E-state index contributed by atoms with van der Waals surface area (Å²) in [5, 5.41) is 9.14. The molecule has 1 aromatic carbocycles. The fourth-order valence-corrected chi connectivity index (χ4v) is 2.16. The Hall–Kier alpha value is -1.33. The minimum Gasteiger partial charge on any atom is -0.490 e. The maximum atomic E-state index is 14.3. The second kappa shape index (κ2) is 8.07. The molecule has 1 aromatic rings. The lowest BCUT2D eigenvalue weighted by Crippen LogP contribution is -2.22. The molecule has 0 heterocycles. The van der Waals surface area contributed by atoms with Crippen molar-refractivity contribution in [1.29, 1.82) is 0 Å². The molecule has 114 valence electrons. The second-order valence-corrected chi connectivity index (χ2v) is 4.68. The van der Waals surface area contributed by atoms with E-state index in [2.05, 4.69) is 0 Å². The third-order valence-corrected chi connectivity index (χ3v) is 3.05. The van der Waals surface area contributed by atoms with Crippen LogP contribution < -0.4 is 9.47 Å². The first-order chi connectivity index (χ1) is 9.54. The van der Waals surface area contributed by atoms with Gasteiger partial charge in [0.25, 0.3) is 0 Å². The van der Waals surface area contributed by atoms with E-state index in [1.165, 1.54) is 6.07 Å². The number of aliphatic hydroxyl groups excluding tert-OH is 1. The van der Waals surface area contributed by atoms with Gasteiger partial charge in [0.05, 0.1) is 13.2 Å². The van der Waals surface area contributed by atoms with Crippen molar-refractivity contribution < 1.29 is 19.0 Å². The number of hydrogen-bond donors (Lipinski definition) is 1. The van der Waals surface area contributed by atoms with Gasteiger partial charge in [-0.3, -0.25) is 0 Å². The van der Waals surface area contributed by atoms with E-state index < -0.39 is 0 Å². The number of ether oxygens (including phenoxy) is 2. The van der Waals surface area contributed by atoms with Crippen LogP contribution in [0.4, 0.5) is 4.39 Å². The summed E-state index contributed by atoms with van der Waals surface area (Å²) < 4.78 is 25.2. The van der Waals surface area contributed by atoms with Crippen LogP contribution in [0.1, 0.15) is 31.9 Å². The lowest BCUT2D eigenvalue weighted by atomic mass is 10.0. The molecule has 0 radical (unpaired) electrons. The van der Waals surface area contributed by atoms with Crippen LogP contribution in [0.2, 0.25) is 0 Å². The van der Waals surface area contributed by atoms with Gasteiger partial charge in [-0.15, -0.1) is 0 Å². The van der Waals surface area contributed by atoms with Crippen LogP contribution in [0.15, 0.2) is 12.1 Å². The molecule has 1 N–H and O–H groups in total. The Kier molecular flexibility index (Phi) is 6.75. The van der Waals surface area contributed by atoms with Crippen LogP contribution in [0.25, 0.3) is 0 Å². The van der Waals surface area contributed by atoms with Crippen molar-refractivity contribution in [3.8, 4) is 11.5 Å². The first-order valence-corrected chi connectivity index (χ1v) is 6.91. The average Bonchev–Trinajstić information content (AvgIpc) is 2.39. The summed E-state index contributed by atoms with van der Waals surface area (Å²) in [5.41, 5.74) is 0.510. The molecule has 0 bridgehead atoms. The number of hydrogen-bond acceptors (Lipinski definition) is 4. The van der Waals surface area contributed by atoms with Crippen molar-refractivity contribution in [3.05, 3.63) is 23.5 Å². The van der Waals surface area contributed by atoms with Gasteiger partial charge in [0.2, 0.25) is 0 Å². The molecular formula is C15H24FNO3. The van der Waals surface area contributed by atoms with E-state index in [0.717, 1.165) is 0 Å². The van der Waals surface area contributed by atoms with Crippen LogP contribution in [-0.4, -0.2) is 43.9 Å². The van der Waals surface area contributed by atoms with Crippen LogP contribution in [0, 0.1) is 5.82 Å². The quantitative estimate of drug-likeness (QED) is 0.797. The van der Waals surface area contributed by atoms with Crippen molar-refractivity contribution in [2.75, 3.05) is 33.9 Å². The third kappa shape index (κ3) is 4.08. The molecule has 20 heavy (non-hydrogen) atoms. The van der Waals surface area contributed by atoms with Crippen LogP contribution in [-0.2, 0) is 0 Å². The number of nitrogens with zero attached hydrogens (tertiary/aromatic N) is 1. The molecule has 4 nitrogen and oxygen atoms in total. The molecule has 1 unspecified atom stereocenters. The third-order valence-electron chi connectivity index (χ3n) is 3.05. The van der Waals surface area contributed by atoms with Crippen LogP contribution >= 0.6 is 0 Å². The first-order valence-electron chi connectivity index (χ1n) is 6.91. The predicted octanol–water partition coefficient (Wildman–Crippen LogP) is 2.61. The van der Waals surface area contributed by atoms with Crippen molar-refractivity contribution >= 4 is 0 Å². The first kappa shape index (κ1) is 16.7. The van der Waals surface area contributed by atoms with Crippen LogP contribution in [0.3, 0.4) is 0 Å². The van der Waals surface area contributed by atoms with Gasteiger partial charge in [-0.25, -0.2) is 4.39 Å². The van der Waals surface area contributed by atoms with Crippen molar-refractivity contribution in [3.63, 3.8) is 0 Å². The van der Waals surface area contributed by atoms with Gasteiger partial charge in [-0.05, 0) is 40.4 Å².